The molecule has 1 saturated heterocycles. The van der Waals surface area contributed by atoms with E-state index in [9.17, 15) is 4.79 Å². The molecule has 5 rings (SSSR count). The predicted molar refractivity (Wildman–Crippen MR) is 167 cm³/mol. The fraction of sp³-hybridized carbons (Fsp3) is 0.303. The van der Waals surface area contributed by atoms with E-state index in [1.807, 2.05) is 73.7 Å². The highest BCUT2D eigenvalue weighted by Crippen LogP contribution is 2.28. The van der Waals surface area contributed by atoms with Crippen LogP contribution in [0.1, 0.15) is 45.7 Å². The number of hydrogen-bond acceptors (Lipinski definition) is 7. The summed E-state index contributed by atoms with van der Waals surface area (Å²) in [5.74, 6) is 2.49. The van der Waals surface area contributed by atoms with Gasteiger partial charge in [0.15, 0.2) is 5.16 Å². The number of nitrogens with zero attached hydrogens (tertiary/aromatic N) is 4. The topological polar surface area (TPSA) is 70.6 Å². The summed E-state index contributed by atoms with van der Waals surface area (Å²) in [6, 6.07) is 26.0. The van der Waals surface area contributed by atoms with Crippen molar-refractivity contribution in [2.45, 2.75) is 37.7 Å². The van der Waals surface area contributed by atoms with Crippen molar-refractivity contribution in [3.63, 3.8) is 0 Å². The van der Waals surface area contributed by atoms with Gasteiger partial charge >= 0.3 is 0 Å². The number of hydrogen-bond donors (Lipinski definition) is 1. The highest BCUT2D eigenvalue weighted by atomic mass is 32.2. The van der Waals surface area contributed by atoms with E-state index in [0.717, 1.165) is 65.3 Å². The largest absolute Gasteiger partial charge is 0.497 e. The number of amides is 1. The van der Waals surface area contributed by atoms with Gasteiger partial charge in [0.1, 0.15) is 11.6 Å². The first-order chi connectivity index (χ1) is 19.9. The third-order valence-electron chi connectivity index (χ3n) is 7.56. The number of aromatic nitrogens is 2. The smallest absolute Gasteiger partial charge is 0.251 e. The Morgan fingerprint density at radius 3 is 2.34 bits per heavy atom. The molecule has 0 bridgehead atoms. The molecule has 1 N–H and O–H groups in total. The maximum Gasteiger partial charge on any atom is 0.251 e. The molecule has 0 aliphatic carbocycles. The Hall–Kier alpha value is -4.04. The SMILES string of the molecule is COc1ccc(N2CCN(c3nc(SCc4cccc(C(=O)N[C@@H](C)c5ccccc5)c4)nc(C)c3C)CC2)cc1. The summed E-state index contributed by atoms with van der Waals surface area (Å²) in [6.45, 7) is 9.80. The molecule has 212 valence electrons. The number of carbonyl (C=O) groups excluding carboxylic acids is 1. The summed E-state index contributed by atoms with van der Waals surface area (Å²) < 4.78 is 5.30. The third-order valence-corrected chi connectivity index (χ3v) is 8.48. The first-order valence-corrected chi connectivity index (χ1v) is 15.0. The van der Waals surface area contributed by atoms with Gasteiger partial charge in [-0.3, -0.25) is 4.79 Å². The van der Waals surface area contributed by atoms with Gasteiger partial charge in [0.05, 0.1) is 13.2 Å². The van der Waals surface area contributed by atoms with Crippen molar-refractivity contribution < 1.29 is 9.53 Å². The molecule has 1 amide bonds. The molecule has 1 aliphatic heterocycles. The van der Waals surface area contributed by atoms with Crippen LogP contribution < -0.4 is 19.9 Å². The number of benzene rings is 3. The molecule has 1 atom stereocenters. The van der Waals surface area contributed by atoms with Crippen LogP contribution in [0.25, 0.3) is 0 Å². The second kappa shape index (κ2) is 13.1. The summed E-state index contributed by atoms with van der Waals surface area (Å²) in [4.78, 5) is 27.5. The van der Waals surface area contributed by atoms with Crippen molar-refractivity contribution in [3.8, 4) is 5.75 Å². The minimum absolute atomic E-state index is 0.0674. The Labute approximate surface area is 247 Å². The van der Waals surface area contributed by atoms with Crippen LogP contribution in [0.5, 0.6) is 5.75 Å². The lowest BCUT2D eigenvalue weighted by atomic mass is 10.1. The second-order valence-corrected chi connectivity index (χ2v) is 11.2. The quantitative estimate of drug-likeness (QED) is 0.190. The van der Waals surface area contributed by atoms with E-state index >= 15 is 0 Å². The number of rotatable bonds is 9. The van der Waals surface area contributed by atoms with Crippen molar-refractivity contribution in [3.05, 3.63) is 107 Å². The number of ether oxygens (including phenoxy) is 1. The molecule has 4 aromatic rings. The number of nitrogens with one attached hydrogen (secondary N) is 1. The third kappa shape index (κ3) is 7.00. The molecular formula is C33H37N5O2S. The highest BCUT2D eigenvalue weighted by molar-refractivity contribution is 7.98. The number of aryl methyl sites for hydroxylation is 1. The van der Waals surface area contributed by atoms with Crippen LogP contribution in [0, 0.1) is 13.8 Å². The van der Waals surface area contributed by atoms with Gasteiger partial charge in [-0.25, -0.2) is 9.97 Å². The van der Waals surface area contributed by atoms with Crippen LogP contribution in [0.2, 0.25) is 0 Å². The van der Waals surface area contributed by atoms with E-state index in [4.69, 9.17) is 14.7 Å². The lowest BCUT2D eigenvalue weighted by Gasteiger charge is -2.37. The van der Waals surface area contributed by atoms with E-state index in [1.54, 1.807) is 18.9 Å². The minimum atomic E-state index is -0.0771. The molecule has 7 nitrogen and oxygen atoms in total. The first kappa shape index (κ1) is 28.5. The number of piperazine rings is 1. The van der Waals surface area contributed by atoms with Gasteiger partial charge < -0.3 is 19.9 Å². The van der Waals surface area contributed by atoms with Crippen molar-refractivity contribution in [2.24, 2.45) is 0 Å². The van der Waals surface area contributed by atoms with E-state index in [1.165, 1.54) is 5.69 Å². The Morgan fingerprint density at radius 1 is 0.927 bits per heavy atom. The molecule has 0 radical (unpaired) electrons. The van der Waals surface area contributed by atoms with Crippen molar-refractivity contribution in [1.29, 1.82) is 0 Å². The normalized spacial score (nSPS) is 14.0. The molecule has 0 spiro atoms. The minimum Gasteiger partial charge on any atom is -0.497 e. The van der Waals surface area contributed by atoms with Crippen LogP contribution >= 0.6 is 11.8 Å². The van der Waals surface area contributed by atoms with Gasteiger partial charge in [0.25, 0.3) is 5.91 Å². The molecular weight excluding hydrogens is 530 g/mol. The summed E-state index contributed by atoms with van der Waals surface area (Å²) in [7, 11) is 1.69. The summed E-state index contributed by atoms with van der Waals surface area (Å²) in [6.07, 6.45) is 0. The van der Waals surface area contributed by atoms with Crippen LogP contribution in [0.4, 0.5) is 11.5 Å². The maximum absolute atomic E-state index is 12.9. The standard InChI is InChI=1S/C33H37N5O2S/c1-23-24(2)35-33(36-31(23)38-19-17-37(18-20-38)29-13-15-30(40-4)16-14-29)41-22-26-9-8-12-28(21-26)32(39)34-25(3)27-10-6-5-7-11-27/h5-16,21,25H,17-20,22H2,1-4H3,(H,34,39)/t25-/m0/s1. The first-order valence-electron chi connectivity index (χ1n) is 14.0. The average Bonchev–Trinajstić information content (AvgIpc) is 3.02. The maximum atomic E-state index is 12.9. The Bertz CT molecular complexity index is 1470. The molecule has 1 aromatic heterocycles. The summed E-state index contributed by atoms with van der Waals surface area (Å²) >= 11 is 1.60. The van der Waals surface area contributed by atoms with Crippen molar-refractivity contribution in [1.82, 2.24) is 15.3 Å². The van der Waals surface area contributed by atoms with Gasteiger partial charge in [0, 0.05) is 54.4 Å². The number of thioether (sulfide) groups is 1. The Balaban J connectivity index is 1.21. The molecule has 3 aromatic carbocycles. The van der Waals surface area contributed by atoms with Crippen LogP contribution in [-0.2, 0) is 5.75 Å². The van der Waals surface area contributed by atoms with Gasteiger partial charge in [-0.2, -0.15) is 0 Å². The molecule has 2 heterocycles. The fourth-order valence-corrected chi connectivity index (χ4v) is 5.81. The van der Waals surface area contributed by atoms with E-state index in [2.05, 4.69) is 41.1 Å². The zero-order valence-corrected chi connectivity index (χ0v) is 24.9. The van der Waals surface area contributed by atoms with Crippen molar-refractivity contribution >= 4 is 29.2 Å². The predicted octanol–water partition coefficient (Wildman–Crippen LogP) is 6.21. The summed E-state index contributed by atoms with van der Waals surface area (Å²) in [5, 5.41) is 3.86. The number of carbonyl (C=O) groups is 1. The zero-order valence-electron chi connectivity index (χ0n) is 24.1. The van der Waals surface area contributed by atoms with Gasteiger partial charge in [-0.1, -0.05) is 54.2 Å². The molecule has 1 aliphatic rings. The molecule has 8 heteroatoms. The van der Waals surface area contributed by atoms with E-state index in [-0.39, 0.29) is 11.9 Å². The van der Waals surface area contributed by atoms with Gasteiger partial charge in [-0.15, -0.1) is 0 Å². The van der Waals surface area contributed by atoms with Gasteiger partial charge in [-0.05, 0) is 68.3 Å². The van der Waals surface area contributed by atoms with Crippen LogP contribution in [0.15, 0.2) is 84.0 Å². The van der Waals surface area contributed by atoms with E-state index in [0.29, 0.717) is 11.3 Å². The lowest BCUT2D eigenvalue weighted by Crippen LogP contribution is -2.47. The molecule has 0 saturated carbocycles. The lowest BCUT2D eigenvalue weighted by molar-refractivity contribution is 0.0940. The van der Waals surface area contributed by atoms with Crippen molar-refractivity contribution in [2.75, 3.05) is 43.1 Å². The van der Waals surface area contributed by atoms with Crippen LogP contribution in [0.3, 0.4) is 0 Å². The molecule has 0 unspecified atom stereocenters. The fourth-order valence-electron chi connectivity index (χ4n) is 4.99. The highest BCUT2D eigenvalue weighted by Gasteiger charge is 2.22. The molecule has 1 fully saturated rings. The monoisotopic (exact) mass is 567 g/mol. The zero-order chi connectivity index (χ0) is 28.8. The van der Waals surface area contributed by atoms with E-state index < -0.39 is 0 Å². The average molecular weight is 568 g/mol. The second-order valence-electron chi connectivity index (χ2n) is 10.3. The number of methoxy groups -OCH3 is 1. The van der Waals surface area contributed by atoms with Crippen LogP contribution in [-0.4, -0.2) is 49.2 Å². The Kier molecular flexibility index (Phi) is 9.09. The Morgan fingerprint density at radius 2 is 1.63 bits per heavy atom. The number of anilines is 2. The van der Waals surface area contributed by atoms with Gasteiger partial charge in [0.2, 0.25) is 0 Å². The summed E-state index contributed by atoms with van der Waals surface area (Å²) in [5.41, 5.74) is 6.13. The molecule has 41 heavy (non-hydrogen) atoms.